The Morgan fingerprint density at radius 2 is 1.71 bits per heavy atom. The van der Waals surface area contributed by atoms with E-state index in [1.807, 2.05) is 13.0 Å². The molecule has 3 rings (SSSR count). The van der Waals surface area contributed by atoms with Crippen LogP contribution in [0.15, 0.2) is 66.2 Å². The highest BCUT2D eigenvalue weighted by molar-refractivity contribution is 6.35. The first-order valence-electron chi connectivity index (χ1n) is 10.4. The lowest BCUT2D eigenvalue weighted by Gasteiger charge is -2.14. The van der Waals surface area contributed by atoms with E-state index >= 15 is 0 Å². The van der Waals surface area contributed by atoms with Gasteiger partial charge in [-0.25, -0.2) is 4.79 Å². The minimum absolute atomic E-state index is 0.0848. The molecule has 7 nitrogen and oxygen atoms in total. The lowest BCUT2D eigenvalue weighted by Crippen LogP contribution is -2.13. The van der Waals surface area contributed by atoms with Gasteiger partial charge in [0.05, 0.1) is 12.2 Å². The first-order valence-corrected chi connectivity index (χ1v) is 11.2. The van der Waals surface area contributed by atoms with Crippen molar-refractivity contribution < 1.29 is 24.2 Å². The number of hydrogen-bond donors (Lipinski definition) is 2. The molecule has 0 aliphatic heterocycles. The van der Waals surface area contributed by atoms with Crippen molar-refractivity contribution >= 4 is 46.8 Å². The predicted molar refractivity (Wildman–Crippen MR) is 134 cm³/mol. The minimum atomic E-state index is -1.08. The van der Waals surface area contributed by atoms with E-state index in [0.717, 1.165) is 0 Å². The zero-order chi connectivity index (χ0) is 25.4. The van der Waals surface area contributed by atoms with Crippen molar-refractivity contribution in [2.24, 2.45) is 0 Å². The Labute approximate surface area is 212 Å². The molecule has 0 radical (unpaired) electrons. The highest BCUT2D eigenvalue weighted by atomic mass is 35.5. The van der Waals surface area contributed by atoms with Crippen molar-refractivity contribution in [1.29, 1.82) is 5.26 Å². The third kappa shape index (κ3) is 6.76. The van der Waals surface area contributed by atoms with E-state index < -0.39 is 11.9 Å². The summed E-state index contributed by atoms with van der Waals surface area (Å²) in [5, 5.41) is 22.0. The number of carbonyl (C=O) groups is 2. The Morgan fingerprint density at radius 1 is 1.03 bits per heavy atom. The van der Waals surface area contributed by atoms with Crippen molar-refractivity contribution in [2.45, 2.75) is 13.5 Å². The normalized spacial score (nSPS) is 10.9. The number of hydrogen-bond acceptors (Lipinski definition) is 5. The van der Waals surface area contributed by atoms with E-state index in [1.165, 1.54) is 30.3 Å². The van der Waals surface area contributed by atoms with Gasteiger partial charge in [0.2, 0.25) is 0 Å². The van der Waals surface area contributed by atoms with Gasteiger partial charge in [0.25, 0.3) is 5.91 Å². The van der Waals surface area contributed by atoms with Crippen molar-refractivity contribution in [3.63, 3.8) is 0 Å². The Bertz CT molecular complexity index is 1290. The topological polar surface area (TPSA) is 109 Å². The maximum absolute atomic E-state index is 12.6. The second kappa shape index (κ2) is 11.9. The average molecular weight is 511 g/mol. The van der Waals surface area contributed by atoms with E-state index in [2.05, 4.69) is 5.32 Å². The number of benzene rings is 3. The molecule has 35 heavy (non-hydrogen) atoms. The lowest BCUT2D eigenvalue weighted by atomic mass is 10.1. The molecule has 0 aliphatic rings. The van der Waals surface area contributed by atoms with Gasteiger partial charge < -0.3 is 19.9 Å². The summed E-state index contributed by atoms with van der Waals surface area (Å²) in [4.78, 5) is 23.5. The molecule has 9 heteroatoms. The number of rotatable bonds is 9. The van der Waals surface area contributed by atoms with Gasteiger partial charge in [-0.3, -0.25) is 4.79 Å². The fourth-order valence-electron chi connectivity index (χ4n) is 3.03. The Morgan fingerprint density at radius 3 is 2.31 bits per heavy atom. The summed E-state index contributed by atoms with van der Waals surface area (Å²) in [7, 11) is 0. The van der Waals surface area contributed by atoms with Gasteiger partial charge in [0, 0.05) is 21.3 Å². The number of nitrogens with zero attached hydrogens (tertiary/aromatic N) is 1. The lowest BCUT2D eigenvalue weighted by molar-refractivity contribution is -0.112. The van der Waals surface area contributed by atoms with E-state index in [0.29, 0.717) is 45.0 Å². The Balaban J connectivity index is 1.79. The largest absolute Gasteiger partial charge is 0.490 e. The Hall–Kier alpha value is -3.99. The van der Waals surface area contributed by atoms with Gasteiger partial charge in [0.15, 0.2) is 11.5 Å². The predicted octanol–water partition coefficient (Wildman–Crippen LogP) is 6.21. The van der Waals surface area contributed by atoms with Crippen LogP contribution >= 0.6 is 23.2 Å². The van der Waals surface area contributed by atoms with Gasteiger partial charge in [0.1, 0.15) is 18.2 Å². The van der Waals surface area contributed by atoms with E-state index in [-0.39, 0.29) is 17.7 Å². The highest BCUT2D eigenvalue weighted by Gasteiger charge is 2.13. The highest BCUT2D eigenvalue weighted by Crippen LogP contribution is 2.32. The summed E-state index contributed by atoms with van der Waals surface area (Å²) in [6.45, 7) is 2.32. The van der Waals surface area contributed by atoms with Crippen LogP contribution in [-0.2, 0) is 11.4 Å². The standard InChI is InChI=1S/C26H20Cl2N2O5/c1-2-34-24-13-16(6-11-23(24)35-15-20-21(27)4-3-5-22(20)28)12-18(14-29)25(31)30-19-9-7-17(8-10-19)26(32)33/h3-13H,2,15H2,1H3,(H,30,31)(H,32,33)/b18-12+. The number of ether oxygens (including phenoxy) is 2. The van der Waals surface area contributed by atoms with Gasteiger partial charge in [-0.05, 0) is 67.1 Å². The number of nitriles is 1. The van der Waals surface area contributed by atoms with E-state index in [9.17, 15) is 14.9 Å². The van der Waals surface area contributed by atoms with E-state index in [4.69, 9.17) is 37.8 Å². The second-order valence-electron chi connectivity index (χ2n) is 7.13. The smallest absolute Gasteiger partial charge is 0.335 e. The summed E-state index contributed by atoms with van der Waals surface area (Å²) < 4.78 is 11.6. The molecule has 0 heterocycles. The number of carbonyl (C=O) groups excluding carboxylic acids is 1. The molecule has 0 bridgehead atoms. The average Bonchev–Trinajstić information content (AvgIpc) is 2.83. The SMILES string of the molecule is CCOc1cc(/C=C(\C#N)C(=O)Nc2ccc(C(=O)O)cc2)ccc1OCc1c(Cl)cccc1Cl. The molecule has 0 atom stereocenters. The van der Waals surface area contributed by atoms with Crippen LogP contribution in [0, 0.1) is 11.3 Å². The van der Waals surface area contributed by atoms with Crippen LogP contribution in [0.2, 0.25) is 10.0 Å². The maximum Gasteiger partial charge on any atom is 0.335 e. The Kier molecular flexibility index (Phi) is 8.74. The summed E-state index contributed by atoms with van der Waals surface area (Å²) >= 11 is 12.4. The summed E-state index contributed by atoms with van der Waals surface area (Å²) in [5.74, 6) is -0.844. The van der Waals surface area contributed by atoms with Crippen LogP contribution in [0.5, 0.6) is 11.5 Å². The van der Waals surface area contributed by atoms with Gasteiger partial charge in [-0.15, -0.1) is 0 Å². The molecule has 2 N–H and O–H groups in total. The van der Waals surface area contributed by atoms with Crippen LogP contribution in [-0.4, -0.2) is 23.6 Å². The first kappa shape index (κ1) is 25.6. The quantitative estimate of drug-likeness (QED) is 0.261. The van der Waals surface area contributed by atoms with Crippen molar-refractivity contribution in [1.82, 2.24) is 0 Å². The summed E-state index contributed by atoms with van der Waals surface area (Å²) in [5.41, 5.74) is 1.48. The number of halogens is 2. The molecular formula is C26H20Cl2N2O5. The zero-order valence-electron chi connectivity index (χ0n) is 18.5. The second-order valence-corrected chi connectivity index (χ2v) is 7.95. The third-order valence-electron chi connectivity index (χ3n) is 4.77. The fraction of sp³-hybridized carbons (Fsp3) is 0.115. The molecule has 3 aromatic carbocycles. The first-order chi connectivity index (χ1) is 16.8. The van der Waals surface area contributed by atoms with Crippen LogP contribution in [0.3, 0.4) is 0 Å². The van der Waals surface area contributed by atoms with Crippen molar-refractivity contribution in [3.8, 4) is 17.6 Å². The molecule has 0 unspecified atom stereocenters. The number of amides is 1. The van der Waals surface area contributed by atoms with Crippen LogP contribution in [0.4, 0.5) is 5.69 Å². The molecular weight excluding hydrogens is 491 g/mol. The van der Waals surface area contributed by atoms with Gasteiger partial charge in [-0.2, -0.15) is 5.26 Å². The van der Waals surface area contributed by atoms with Crippen LogP contribution < -0.4 is 14.8 Å². The molecule has 3 aromatic rings. The molecule has 0 spiro atoms. The molecule has 178 valence electrons. The van der Waals surface area contributed by atoms with Crippen molar-refractivity contribution in [2.75, 3.05) is 11.9 Å². The van der Waals surface area contributed by atoms with Gasteiger partial charge >= 0.3 is 5.97 Å². The van der Waals surface area contributed by atoms with Crippen LogP contribution in [0.25, 0.3) is 6.08 Å². The molecule has 0 aromatic heterocycles. The van der Waals surface area contributed by atoms with E-state index in [1.54, 1.807) is 36.4 Å². The number of carboxylic acid groups (broad SMARTS) is 1. The molecule has 1 amide bonds. The maximum atomic E-state index is 12.6. The van der Waals surface area contributed by atoms with Crippen LogP contribution in [0.1, 0.15) is 28.4 Å². The third-order valence-corrected chi connectivity index (χ3v) is 5.48. The molecule has 0 fully saturated rings. The van der Waals surface area contributed by atoms with Crippen molar-refractivity contribution in [3.05, 3.63) is 93.0 Å². The summed E-state index contributed by atoms with van der Waals surface area (Å²) in [6, 6.07) is 17.7. The number of aromatic carboxylic acids is 1. The number of anilines is 1. The fourth-order valence-corrected chi connectivity index (χ4v) is 3.54. The molecule has 0 aliphatic carbocycles. The number of carboxylic acids is 1. The minimum Gasteiger partial charge on any atom is -0.490 e. The molecule has 0 saturated carbocycles. The number of nitrogens with one attached hydrogen (secondary N) is 1. The summed E-state index contributed by atoms with van der Waals surface area (Å²) in [6.07, 6.45) is 1.41. The molecule has 0 saturated heterocycles. The van der Waals surface area contributed by atoms with Gasteiger partial charge in [-0.1, -0.05) is 35.3 Å². The zero-order valence-corrected chi connectivity index (χ0v) is 20.1. The monoisotopic (exact) mass is 510 g/mol.